The van der Waals surface area contributed by atoms with E-state index in [-0.39, 0.29) is 0 Å². The van der Waals surface area contributed by atoms with Crippen LogP contribution in [-0.2, 0) is 0 Å². The van der Waals surface area contributed by atoms with Gasteiger partial charge in [-0.2, -0.15) is 0 Å². The molecule has 0 saturated carbocycles. The highest BCUT2D eigenvalue weighted by molar-refractivity contribution is 7.07. The van der Waals surface area contributed by atoms with Crippen molar-refractivity contribution in [3.8, 4) is 11.3 Å². The lowest BCUT2D eigenvalue weighted by atomic mass is 10.0. The van der Waals surface area contributed by atoms with E-state index in [0.29, 0.717) is 5.92 Å². The van der Waals surface area contributed by atoms with E-state index >= 15 is 0 Å². The van der Waals surface area contributed by atoms with Gasteiger partial charge in [0, 0.05) is 10.9 Å². The van der Waals surface area contributed by atoms with Gasteiger partial charge < -0.3 is 0 Å². The average molecular weight is 203 g/mol. The molecule has 0 amide bonds. The smallest absolute Gasteiger partial charge is 0.0811 e. The molecule has 0 aliphatic rings. The Morgan fingerprint density at radius 3 is 2.36 bits per heavy atom. The van der Waals surface area contributed by atoms with Crippen LogP contribution in [0.1, 0.15) is 25.3 Å². The molecular weight excluding hydrogens is 190 g/mol. The Morgan fingerprint density at radius 1 is 1.14 bits per heavy atom. The number of aromatic nitrogens is 1. The molecule has 72 valence electrons. The topological polar surface area (TPSA) is 12.9 Å². The molecule has 0 aliphatic heterocycles. The maximum atomic E-state index is 4.28. The third kappa shape index (κ3) is 1.85. The predicted octanol–water partition coefficient (Wildman–Crippen LogP) is 3.93. The van der Waals surface area contributed by atoms with Crippen molar-refractivity contribution in [3.05, 3.63) is 40.7 Å². The summed E-state index contributed by atoms with van der Waals surface area (Å²) in [5, 5.41) is 2.07. The summed E-state index contributed by atoms with van der Waals surface area (Å²) in [6, 6.07) is 8.65. The first-order valence-corrected chi connectivity index (χ1v) is 5.70. The number of hydrogen-bond donors (Lipinski definition) is 0. The molecule has 1 aromatic carbocycles. The number of benzene rings is 1. The highest BCUT2D eigenvalue weighted by Crippen LogP contribution is 2.22. The van der Waals surface area contributed by atoms with Crippen LogP contribution in [0.4, 0.5) is 0 Å². The zero-order chi connectivity index (χ0) is 9.97. The molecule has 0 unspecified atom stereocenters. The van der Waals surface area contributed by atoms with Gasteiger partial charge in [0.15, 0.2) is 0 Å². The number of thiazole rings is 1. The Hall–Kier alpha value is -1.15. The van der Waals surface area contributed by atoms with Crippen LogP contribution in [0.15, 0.2) is 35.2 Å². The Morgan fingerprint density at radius 2 is 1.86 bits per heavy atom. The van der Waals surface area contributed by atoms with E-state index in [9.17, 15) is 0 Å². The number of nitrogens with zero attached hydrogens (tertiary/aromatic N) is 1. The molecule has 0 atom stereocenters. The highest BCUT2D eigenvalue weighted by Gasteiger charge is 2.01. The second-order valence-corrected chi connectivity index (χ2v) is 4.37. The normalized spacial score (nSPS) is 10.8. The van der Waals surface area contributed by atoms with Gasteiger partial charge in [0.1, 0.15) is 0 Å². The zero-order valence-electron chi connectivity index (χ0n) is 8.40. The van der Waals surface area contributed by atoms with E-state index in [1.807, 2.05) is 5.51 Å². The van der Waals surface area contributed by atoms with Crippen molar-refractivity contribution in [2.45, 2.75) is 19.8 Å². The minimum Gasteiger partial charge on any atom is -0.245 e. The summed E-state index contributed by atoms with van der Waals surface area (Å²) in [6.45, 7) is 4.41. The maximum Gasteiger partial charge on any atom is 0.0811 e. The van der Waals surface area contributed by atoms with Crippen LogP contribution in [0.3, 0.4) is 0 Å². The summed E-state index contributed by atoms with van der Waals surface area (Å²) in [5.74, 6) is 0.597. The summed E-state index contributed by atoms with van der Waals surface area (Å²) in [5.41, 5.74) is 5.52. The van der Waals surface area contributed by atoms with Gasteiger partial charge in [0.25, 0.3) is 0 Å². The highest BCUT2D eigenvalue weighted by atomic mass is 32.1. The lowest BCUT2D eigenvalue weighted by Crippen LogP contribution is -1.86. The van der Waals surface area contributed by atoms with Crippen LogP contribution >= 0.6 is 11.3 Å². The first kappa shape index (κ1) is 9.41. The Labute approximate surface area is 88.4 Å². The SMILES string of the molecule is CC(C)c1ccc(-c2cscn2)cc1. The van der Waals surface area contributed by atoms with E-state index in [1.54, 1.807) is 11.3 Å². The molecule has 0 N–H and O–H groups in total. The molecule has 1 heterocycles. The quantitative estimate of drug-likeness (QED) is 0.720. The Kier molecular flexibility index (Phi) is 2.64. The molecule has 0 fully saturated rings. The second kappa shape index (κ2) is 3.93. The van der Waals surface area contributed by atoms with Crippen LogP contribution in [-0.4, -0.2) is 4.98 Å². The third-order valence-corrected chi connectivity index (χ3v) is 2.89. The largest absolute Gasteiger partial charge is 0.245 e. The summed E-state index contributed by atoms with van der Waals surface area (Å²) in [7, 11) is 0. The lowest BCUT2D eigenvalue weighted by molar-refractivity contribution is 0.867. The molecule has 2 heteroatoms. The second-order valence-electron chi connectivity index (χ2n) is 3.65. The predicted molar refractivity (Wildman–Crippen MR) is 61.6 cm³/mol. The Bertz CT molecular complexity index is 387. The van der Waals surface area contributed by atoms with Crippen molar-refractivity contribution in [1.29, 1.82) is 0 Å². The van der Waals surface area contributed by atoms with Crippen molar-refractivity contribution < 1.29 is 0 Å². The molecule has 0 aliphatic carbocycles. The molecule has 0 spiro atoms. The van der Waals surface area contributed by atoms with Gasteiger partial charge in [0.05, 0.1) is 11.2 Å². The van der Waals surface area contributed by atoms with Crippen molar-refractivity contribution in [1.82, 2.24) is 4.98 Å². The van der Waals surface area contributed by atoms with Gasteiger partial charge >= 0.3 is 0 Å². The van der Waals surface area contributed by atoms with Crippen molar-refractivity contribution in [3.63, 3.8) is 0 Å². The molecule has 2 rings (SSSR count). The standard InChI is InChI=1S/C12H13NS/c1-9(2)10-3-5-11(6-4-10)12-7-14-8-13-12/h3-9H,1-2H3. The van der Waals surface area contributed by atoms with Gasteiger partial charge in [0.2, 0.25) is 0 Å². The molecule has 2 aromatic rings. The van der Waals surface area contributed by atoms with Crippen molar-refractivity contribution >= 4 is 11.3 Å². The third-order valence-electron chi connectivity index (χ3n) is 2.31. The molecular formula is C12H13NS. The fourth-order valence-electron chi connectivity index (χ4n) is 1.39. The van der Waals surface area contributed by atoms with E-state index in [1.165, 1.54) is 11.1 Å². The van der Waals surface area contributed by atoms with Gasteiger partial charge in [-0.15, -0.1) is 11.3 Å². The van der Waals surface area contributed by atoms with Gasteiger partial charge in [-0.3, -0.25) is 0 Å². The van der Waals surface area contributed by atoms with E-state index in [0.717, 1.165) is 5.69 Å². The summed E-state index contributed by atoms with van der Waals surface area (Å²) in [4.78, 5) is 4.28. The molecule has 1 nitrogen and oxygen atoms in total. The summed E-state index contributed by atoms with van der Waals surface area (Å²) >= 11 is 1.63. The van der Waals surface area contributed by atoms with Crippen molar-refractivity contribution in [2.75, 3.05) is 0 Å². The van der Waals surface area contributed by atoms with Crippen LogP contribution < -0.4 is 0 Å². The molecule has 0 saturated heterocycles. The van der Waals surface area contributed by atoms with E-state index < -0.39 is 0 Å². The fourth-order valence-corrected chi connectivity index (χ4v) is 1.95. The monoisotopic (exact) mass is 203 g/mol. The van der Waals surface area contributed by atoms with Crippen LogP contribution in [0, 0.1) is 0 Å². The summed E-state index contributed by atoms with van der Waals surface area (Å²) < 4.78 is 0. The van der Waals surface area contributed by atoms with E-state index in [2.05, 4.69) is 48.5 Å². The molecule has 14 heavy (non-hydrogen) atoms. The first-order valence-electron chi connectivity index (χ1n) is 4.76. The minimum atomic E-state index is 0.597. The van der Waals surface area contributed by atoms with Crippen molar-refractivity contribution in [2.24, 2.45) is 0 Å². The maximum absolute atomic E-state index is 4.28. The average Bonchev–Trinajstić information content (AvgIpc) is 2.71. The van der Waals surface area contributed by atoms with Gasteiger partial charge in [-0.1, -0.05) is 38.1 Å². The Balaban J connectivity index is 2.31. The first-order chi connectivity index (χ1) is 6.77. The molecule has 1 aromatic heterocycles. The fraction of sp³-hybridized carbons (Fsp3) is 0.250. The molecule has 0 radical (unpaired) electrons. The van der Waals surface area contributed by atoms with E-state index in [4.69, 9.17) is 0 Å². The van der Waals surface area contributed by atoms with Crippen LogP contribution in [0.25, 0.3) is 11.3 Å². The lowest BCUT2D eigenvalue weighted by Gasteiger charge is -2.05. The number of rotatable bonds is 2. The summed E-state index contributed by atoms with van der Waals surface area (Å²) in [6.07, 6.45) is 0. The van der Waals surface area contributed by atoms with Crippen LogP contribution in [0.2, 0.25) is 0 Å². The van der Waals surface area contributed by atoms with Gasteiger partial charge in [-0.05, 0) is 11.5 Å². The minimum absolute atomic E-state index is 0.597. The zero-order valence-corrected chi connectivity index (χ0v) is 9.21. The van der Waals surface area contributed by atoms with Crippen LogP contribution in [0.5, 0.6) is 0 Å². The molecule has 0 bridgehead atoms. The van der Waals surface area contributed by atoms with Gasteiger partial charge in [-0.25, -0.2) is 4.98 Å². The number of hydrogen-bond acceptors (Lipinski definition) is 2.